The fourth-order valence-corrected chi connectivity index (χ4v) is 3.62. The molecule has 2 N–H and O–H groups in total. The largest absolute Gasteiger partial charge is 0.483 e. The van der Waals surface area contributed by atoms with E-state index in [2.05, 4.69) is 17.1 Å². The van der Waals surface area contributed by atoms with E-state index >= 15 is 0 Å². The Morgan fingerprint density at radius 3 is 2.88 bits per heavy atom. The number of nitrogens with one attached hydrogen (secondary N) is 1. The third kappa shape index (κ3) is 5.99. The van der Waals surface area contributed by atoms with Crippen LogP contribution in [0.15, 0.2) is 24.3 Å². The number of carboxylic acid groups (broad SMARTS) is 1. The molecule has 2 aliphatic rings. The average molecular weight is 369 g/mol. The quantitative estimate of drug-likeness (QED) is 0.794. The third-order valence-electron chi connectivity index (χ3n) is 4.54. The molecular formula is C18H25ClN2O4. The summed E-state index contributed by atoms with van der Waals surface area (Å²) in [6, 6.07) is 8.41. The summed E-state index contributed by atoms with van der Waals surface area (Å²) < 4.78 is 5.69. The van der Waals surface area contributed by atoms with Crippen molar-refractivity contribution in [3.05, 3.63) is 34.9 Å². The first-order chi connectivity index (χ1) is 12.0. The second-order valence-corrected chi connectivity index (χ2v) is 6.86. The van der Waals surface area contributed by atoms with Gasteiger partial charge in [0.05, 0.1) is 12.7 Å². The van der Waals surface area contributed by atoms with Crippen LogP contribution >= 0.6 is 11.6 Å². The third-order valence-corrected chi connectivity index (χ3v) is 4.91. The fraction of sp³-hybridized carbons (Fsp3) is 0.556. The molecule has 0 unspecified atom stereocenters. The van der Waals surface area contributed by atoms with Gasteiger partial charge < -0.3 is 15.2 Å². The van der Waals surface area contributed by atoms with Crippen molar-refractivity contribution < 1.29 is 19.4 Å². The smallest absolute Gasteiger partial charge is 0.290 e. The standard InChI is InChI=1S/C17H23ClN2O2.CH2O2/c1-12-9-20-10-14(8-15(20)11-22-12)19-17(21)7-6-13-4-2-3-5-16(13)18;2-1-3/h2-5,12,14-15H,6-11H2,1H3,(H,19,21);1H,(H,2,3)/t12-,14+,15+;/m1./s1. The predicted octanol–water partition coefficient (Wildman–Crippen LogP) is 1.95. The van der Waals surface area contributed by atoms with E-state index in [4.69, 9.17) is 26.2 Å². The molecule has 3 atom stereocenters. The minimum Gasteiger partial charge on any atom is -0.483 e. The van der Waals surface area contributed by atoms with Crippen LogP contribution in [0.2, 0.25) is 5.02 Å². The molecule has 2 fully saturated rings. The van der Waals surface area contributed by atoms with Crippen LogP contribution in [0.4, 0.5) is 0 Å². The van der Waals surface area contributed by atoms with Crippen molar-refractivity contribution in [1.82, 2.24) is 10.2 Å². The van der Waals surface area contributed by atoms with Gasteiger partial charge in [0.25, 0.3) is 6.47 Å². The lowest BCUT2D eigenvalue weighted by atomic mass is 10.1. The molecule has 0 spiro atoms. The first-order valence-corrected chi connectivity index (χ1v) is 8.87. The Kier molecular flexibility index (Phi) is 7.68. The van der Waals surface area contributed by atoms with Gasteiger partial charge in [-0.3, -0.25) is 14.5 Å². The van der Waals surface area contributed by atoms with Gasteiger partial charge in [0.1, 0.15) is 0 Å². The van der Waals surface area contributed by atoms with Crippen molar-refractivity contribution in [2.24, 2.45) is 0 Å². The van der Waals surface area contributed by atoms with E-state index < -0.39 is 0 Å². The Morgan fingerprint density at radius 2 is 2.16 bits per heavy atom. The molecule has 0 saturated carbocycles. The highest BCUT2D eigenvalue weighted by molar-refractivity contribution is 6.31. The number of nitrogens with zero attached hydrogens (tertiary/aromatic N) is 1. The van der Waals surface area contributed by atoms with E-state index in [0.717, 1.165) is 36.7 Å². The zero-order chi connectivity index (χ0) is 18.2. The maximum absolute atomic E-state index is 12.1. The molecule has 3 rings (SSSR count). The second kappa shape index (κ2) is 9.75. The number of hydrogen-bond donors (Lipinski definition) is 2. The number of carbonyl (C=O) groups excluding carboxylic acids is 1. The average Bonchev–Trinajstić information content (AvgIpc) is 2.96. The van der Waals surface area contributed by atoms with Crippen molar-refractivity contribution in [1.29, 1.82) is 0 Å². The second-order valence-electron chi connectivity index (χ2n) is 6.45. The lowest BCUT2D eigenvalue weighted by Crippen LogP contribution is -2.45. The maximum atomic E-state index is 12.1. The van der Waals surface area contributed by atoms with Gasteiger partial charge in [0.2, 0.25) is 5.91 Å². The van der Waals surface area contributed by atoms with Crippen LogP contribution in [-0.2, 0) is 20.7 Å². The summed E-state index contributed by atoms with van der Waals surface area (Å²) in [6.07, 6.45) is 2.46. The van der Waals surface area contributed by atoms with Crippen molar-refractivity contribution in [3.8, 4) is 0 Å². The number of aryl methyl sites for hydroxylation is 1. The first kappa shape index (κ1) is 19.7. The Labute approximate surface area is 153 Å². The monoisotopic (exact) mass is 368 g/mol. The number of carbonyl (C=O) groups is 2. The lowest BCUT2D eigenvalue weighted by Gasteiger charge is -2.33. The van der Waals surface area contributed by atoms with Crippen molar-refractivity contribution in [3.63, 3.8) is 0 Å². The number of amides is 1. The molecule has 7 heteroatoms. The summed E-state index contributed by atoms with van der Waals surface area (Å²) in [5.74, 6) is 0.110. The summed E-state index contributed by atoms with van der Waals surface area (Å²) in [5, 5.41) is 10.8. The maximum Gasteiger partial charge on any atom is 0.290 e. The van der Waals surface area contributed by atoms with Crippen molar-refractivity contribution >= 4 is 24.0 Å². The molecule has 1 amide bonds. The van der Waals surface area contributed by atoms with E-state index in [1.165, 1.54) is 0 Å². The number of hydrogen-bond acceptors (Lipinski definition) is 4. The molecule has 2 heterocycles. The van der Waals surface area contributed by atoms with Crippen LogP contribution in [-0.4, -0.2) is 60.3 Å². The zero-order valence-corrected chi connectivity index (χ0v) is 15.1. The highest BCUT2D eigenvalue weighted by atomic mass is 35.5. The van der Waals surface area contributed by atoms with E-state index in [0.29, 0.717) is 25.0 Å². The fourth-order valence-electron chi connectivity index (χ4n) is 3.39. The Hall–Kier alpha value is -1.63. The molecule has 0 radical (unpaired) electrons. The van der Waals surface area contributed by atoms with Gasteiger partial charge in [0.15, 0.2) is 0 Å². The van der Waals surface area contributed by atoms with Gasteiger partial charge in [-0.25, -0.2) is 0 Å². The number of halogens is 1. The molecule has 1 aromatic rings. The normalized spacial score (nSPS) is 25.4. The number of morpholine rings is 1. The molecule has 0 bridgehead atoms. The summed E-state index contributed by atoms with van der Waals surface area (Å²) in [7, 11) is 0. The Morgan fingerprint density at radius 1 is 1.44 bits per heavy atom. The molecule has 1 aromatic carbocycles. The van der Waals surface area contributed by atoms with E-state index in [1.54, 1.807) is 0 Å². The van der Waals surface area contributed by atoms with Crippen LogP contribution in [0.3, 0.4) is 0 Å². The van der Waals surface area contributed by atoms with Gasteiger partial charge >= 0.3 is 0 Å². The molecule has 0 aliphatic carbocycles. The lowest BCUT2D eigenvalue weighted by molar-refractivity contribution is -0.123. The molecule has 0 aromatic heterocycles. The zero-order valence-electron chi connectivity index (χ0n) is 14.4. The summed E-state index contributed by atoms with van der Waals surface area (Å²) in [5.41, 5.74) is 1.03. The Balaban J connectivity index is 0.000000701. The van der Waals surface area contributed by atoms with Crippen LogP contribution in [0, 0.1) is 0 Å². The molecule has 2 aliphatic heterocycles. The van der Waals surface area contributed by atoms with E-state index in [1.807, 2.05) is 24.3 Å². The molecule has 138 valence electrons. The van der Waals surface area contributed by atoms with Crippen molar-refractivity contribution in [2.45, 2.75) is 44.4 Å². The van der Waals surface area contributed by atoms with Gasteiger partial charge in [-0.1, -0.05) is 29.8 Å². The van der Waals surface area contributed by atoms with Gasteiger partial charge in [0, 0.05) is 36.6 Å². The molecule has 2 saturated heterocycles. The minimum atomic E-state index is -0.250. The van der Waals surface area contributed by atoms with Gasteiger partial charge in [-0.15, -0.1) is 0 Å². The Bertz CT molecular complexity index is 584. The SMILES string of the molecule is C[C@@H]1CN2C[C@@H](NC(=O)CCc3ccccc3Cl)C[C@H]2CO1.O=CO. The van der Waals surface area contributed by atoms with Gasteiger partial charge in [-0.05, 0) is 31.4 Å². The summed E-state index contributed by atoms with van der Waals surface area (Å²) in [6.45, 7) is 4.55. The van der Waals surface area contributed by atoms with Crippen LogP contribution in [0.25, 0.3) is 0 Å². The highest BCUT2D eigenvalue weighted by Crippen LogP contribution is 2.23. The molecule has 25 heavy (non-hydrogen) atoms. The van der Waals surface area contributed by atoms with Crippen LogP contribution in [0.5, 0.6) is 0 Å². The molecule has 6 nitrogen and oxygen atoms in total. The highest BCUT2D eigenvalue weighted by Gasteiger charge is 2.36. The topological polar surface area (TPSA) is 78.9 Å². The van der Waals surface area contributed by atoms with E-state index in [9.17, 15) is 4.79 Å². The number of benzene rings is 1. The minimum absolute atomic E-state index is 0.110. The summed E-state index contributed by atoms with van der Waals surface area (Å²) >= 11 is 6.12. The van der Waals surface area contributed by atoms with Crippen molar-refractivity contribution in [2.75, 3.05) is 19.7 Å². The number of ether oxygens (including phenoxy) is 1. The number of rotatable bonds is 4. The van der Waals surface area contributed by atoms with Crippen LogP contribution < -0.4 is 5.32 Å². The molecular weight excluding hydrogens is 344 g/mol. The number of fused-ring (bicyclic) bond motifs is 1. The first-order valence-electron chi connectivity index (χ1n) is 8.49. The summed E-state index contributed by atoms with van der Waals surface area (Å²) in [4.78, 5) is 22.9. The van der Waals surface area contributed by atoms with Gasteiger partial charge in [-0.2, -0.15) is 0 Å². The van der Waals surface area contributed by atoms with E-state index in [-0.39, 0.29) is 18.4 Å². The predicted molar refractivity (Wildman–Crippen MR) is 95.8 cm³/mol. The van der Waals surface area contributed by atoms with Crippen LogP contribution in [0.1, 0.15) is 25.3 Å².